The Morgan fingerprint density at radius 2 is 1.90 bits per heavy atom. The number of hydrogen-bond donors (Lipinski definition) is 0. The number of aliphatic imine (C=N–C) groups is 1. The van der Waals surface area contributed by atoms with Gasteiger partial charge in [0.25, 0.3) is 0 Å². The van der Waals surface area contributed by atoms with E-state index in [9.17, 15) is 0 Å². The molecular formula is C9H17N. The number of hydrogen-bond acceptors (Lipinski definition) is 1. The minimum atomic E-state index is 1.04. The van der Waals surface area contributed by atoms with Crippen molar-refractivity contribution in [2.45, 2.75) is 40.5 Å². The Balaban J connectivity index is 4.08. The second-order valence-electron chi connectivity index (χ2n) is 2.33. The summed E-state index contributed by atoms with van der Waals surface area (Å²) in [5.41, 5.74) is 2.41. The summed E-state index contributed by atoms with van der Waals surface area (Å²) in [6, 6.07) is 0. The van der Waals surface area contributed by atoms with Crippen molar-refractivity contribution in [1.82, 2.24) is 0 Å². The van der Waals surface area contributed by atoms with Gasteiger partial charge in [-0.25, -0.2) is 0 Å². The van der Waals surface area contributed by atoms with Crippen molar-refractivity contribution in [1.29, 1.82) is 0 Å². The quantitative estimate of drug-likeness (QED) is 0.532. The molecule has 0 atom stereocenters. The molecule has 0 aromatic rings. The van der Waals surface area contributed by atoms with Crippen LogP contribution >= 0.6 is 0 Å². The van der Waals surface area contributed by atoms with Crippen LogP contribution in [0.5, 0.6) is 0 Å². The lowest BCUT2D eigenvalue weighted by Crippen LogP contribution is -1.88. The third-order valence-electron chi connectivity index (χ3n) is 1.54. The number of rotatable bonds is 3. The summed E-state index contributed by atoms with van der Waals surface area (Å²) < 4.78 is 0. The Morgan fingerprint density at radius 3 is 2.20 bits per heavy atom. The standard InChI is InChI=1S/C9H17N/c1-5-8(4)10-9(6-2)7-3/h6H,5,7H2,1-4H3/b9-6-,10-8?. The van der Waals surface area contributed by atoms with Gasteiger partial charge in [-0.1, -0.05) is 19.9 Å². The lowest BCUT2D eigenvalue weighted by molar-refractivity contribution is 1.05. The Kier molecular flexibility index (Phi) is 4.91. The summed E-state index contributed by atoms with van der Waals surface area (Å²) in [6.45, 7) is 8.36. The molecule has 58 valence electrons. The first-order valence-corrected chi connectivity index (χ1v) is 3.93. The topological polar surface area (TPSA) is 12.4 Å². The monoisotopic (exact) mass is 139 g/mol. The molecule has 0 fully saturated rings. The van der Waals surface area contributed by atoms with E-state index in [1.54, 1.807) is 0 Å². The summed E-state index contributed by atoms with van der Waals surface area (Å²) in [4.78, 5) is 4.41. The second-order valence-corrected chi connectivity index (χ2v) is 2.33. The molecule has 0 N–H and O–H groups in total. The molecule has 0 heterocycles. The van der Waals surface area contributed by atoms with Crippen LogP contribution in [-0.2, 0) is 0 Å². The van der Waals surface area contributed by atoms with E-state index in [4.69, 9.17) is 0 Å². The zero-order valence-electron chi connectivity index (χ0n) is 7.44. The fourth-order valence-electron chi connectivity index (χ4n) is 0.672. The van der Waals surface area contributed by atoms with E-state index >= 15 is 0 Å². The third kappa shape index (κ3) is 3.44. The van der Waals surface area contributed by atoms with Crippen molar-refractivity contribution in [3.8, 4) is 0 Å². The van der Waals surface area contributed by atoms with Crippen LogP contribution in [0.2, 0.25) is 0 Å². The Morgan fingerprint density at radius 1 is 1.30 bits per heavy atom. The van der Waals surface area contributed by atoms with Gasteiger partial charge in [-0.05, 0) is 26.7 Å². The lowest BCUT2D eigenvalue weighted by Gasteiger charge is -1.97. The smallest absolute Gasteiger partial charge is 0.0357 e. The van der Waals surface area contributed by atoms with Gasteiger partial charge < -0.3 is 0 Å². The number of allylic oxidation sites excluding steroid dienone is 2. The van der Waals surface area contributed by atoms with Gasteiger partial charge in [0.2, 0.25) is 0 Å². The zero-order valence-corrected chi connectivity index (χ0v) is 7.44. The van der Waals surface area contributed by atoms with E-state index < -0.39 is 0 Å². The van der Waals surface area contributed by atoms with Crippen LogP contribution in [0, 0.1) is 0 Å². The molecule has 0 radical (unpaired) electrons. The van der Waals surface area contributed by atoms with Crippen LogP contribution in [0.15, 0.2) is 16.8 Å². The highest BCUT2D eigenvalue weighted by Gasteiger charge is 1.88. The molecule has 1 heteroatoms. The van der Waals surface area contributed by atoms with Crippen LogP contribution in [0.4, 0.5) is 0 Å². The molecule has 0 aromatic heterocycles. The minimum absolute atomic E-state index is 1.04. The Bertz CT molecular complexity index is 143. The van der Waals surface area contributed by atoms with Crippen LogP contribution in [0.3, 0.4) is 0 Å². The molecule has 0 rings (SSSR count). The van der Waals surface area contributed by atoms with Crippen molar-refractivity contribution in [3.05, 3.63) is 11.8 Å². The van der Waals surface area contributed by atoms with Crippen molar-refractivity contribution >= 4 is 5.71 Å². The first-order chi connectivity index (χ1) is 4.74. The molecular weight excluding hydrogens is 122 g/mol. The minimum Gasteiger partial charge on any atom is -0.263 e. The van der Waals surface area contributed by atoms with Gasteiger partial charge >= 0.3 is 0 Å². The average molecular weight is 139 g/mol. The predicted octanol–water partition coefficient (Wildman–Crippen LogP) is 3.17. The fraction of sp³-hybridized carbons (Fsp3) is 0.667. The van der Waals surface area contributed by atoms with Gasteiger partial charge in [0.15, 0.2) is 0 Å². The Labute approximate surface area is 63.9 Å². The zero-order chi connectivity index (χ0) is 7.98. The van der Waals surface area contributed by atoms with Gasteiger partial charge in [-0.15, -0.1) is 0 Å². The molecule has 0 unspecified atom stereocenters. The normalized spacial score (nSPS) is 14.0. The average Bonchev–Trinajstić information content (AvgIpc) is 1.99. The molecule has 0 saturated carbocycles. The molecule has 0 saturated heterocycles. The van der Waals surface area contributed by atoms with Crippen LogP contribution < -0.4 is 0 Å². The van der Waals surface area contributed by atoms with Crippen LogP contribution in [0.1, 0.15) is 40.5 Å². The molecule has 0 aliphatic heterocycles. The Hall–Kier alpha value is -0.590. The van der Waals surface area contributed by atoms with Gasteiger partial charge in [-0.2, -0.15) is 0 Å². The summed E-state index contributed by atoms with van der Waals surface area (Å²) in [7, 11) is 0. The first kappa shape index (κ1) is 9.41. The van der Waals surface area contributed by atoms with Crippen LogP contribution in [0.25, 0.3) is 0 Å². The molecule has 10 heavy (non-hydrogen) atoms. The highest BCUT2D eigenvalue weighted by Crippen LogP contribution is 2.02. The van der Waals surface area contributed by atoms with E-state index in [1.807, 2.05) is 6.92 Å². The molecule has 0 amide bonds. The maximum atomic E-state index is 4.41. The van der Waals surface area contributed by atoms with Gasteiger partial charge in [0.05, 0.1) is 0 Å². The SMILES string of the molecule is C/C=C(/CC)N=C(C)CC. The molecule has 0 spiro atoms. The maximum absolute atomic E-state index is 4.41. The molecule has 0 aliphatic rings. The highest BCUT2D eigenvalue weighted by atomic mass is 14.7. The van der Waals surface area contributed by atoms with E-state index in [2.05, 4.69) is 31.8 Å². The second kappa shape index (κ2) is 5.21. The third-order valence-corrected chi connectivity index (χ3v) is 1.54. The predicted molar refractivity (Wildman–Crippen MR) is 47.4 cm³/mol. The maximum Gasteiger partial charge on any atom is 0.0357 e. The number of nitrogens with zero attached hydrogens (tertiary/aromatic N) is 1. The van der Waals surface area contributed by atoms with Gasteiger partial charge in [0, 0.05) is 11.4 Å². The highest BCUT2D eigenvalue weighted by molar-refractivity contribution is 5.82. The molecule has 1 nitrogen and oxygen atoms in total. The molecule has 0 aliphatic carbocycles. The fourth-order valence-corrected chi connectivity index (χ4v) is 0.672. The van der Waals surface area contributed by atoms with E-state index in [0.29, 0.717) is 0 Å². The first-order valence-electron chi connectivity index (χ1n) is 3.93. The van der Waals surface area contributed by atoms with Crippen molar-refractivity contribution in [2.24, 2.45) is 4.99 Å². The van der Waals surface area contributed by atoms with Gasteiger partial charge in [0.1, 0.15) is 0 Å². The van der Waals surface area contributed by atoms with Crippen molar-refractivity contribution < 1.29 is 0 Å². The van der Waals surface area contributed by atoms with E-state index in [1.165, 1.54) is 11.4 Å². The molecule has 0 aromatic carbocycles. The van der Waals surface area contributed by atoms with Crippen molar-refractivity contribution in [3.63, 3.8) is 0 Å². The summed E-state index contributed by atoms with van der Waals surface area (Å²) in [5, 5.41) is 0. The van der Waals surface area contributed by atoms with Gasteiger partial charge in [-0.3, -0.25) is 4.99 Å². The lowest BCUT2D eigenvalue weighted by atomic mass is 10.3. The summed E-state index contributed by atoms with van der Waals surface area (Å²) >= 11 is 0. The molecule has 0 bridgehead atoms. The van der Waals surface area contributed by atoms with Crippen LogP contribution in [-0.4, -0.2) is 5.71 Å². The summed E-state index contributed by atoms with van der Waals surface area (Å²) in [5.74, 6) is 0. The summed E-state index contributed by atoms with van der Waals surface area (Å²) in [6.07, 6.45) is 4.16. The van der Waals surface area contributed by atoms with Crippen molar-refractivity contribution in [2.75, 3.05) is 0 Å². The largest absolute Gasteiger partial charge is 0.263 e. The van der Waals surface area contributed by atoms with E-state index in [-0.39, 0.29) is 0 Å². The van der Waals surface area contributed by atoms with E-state index in [0.717, 1.165) is 12.8 Å².